The van der Waals surface area contributed by atoms with Crippen molar-refractivity contribution in [3.05, 3.63) is 30.0 Å². The highest BCUT2D eigenvalue weighted by atomic mass is 16.5. The van der Waals surface area contributed by atoms with Crippen LogP contribution in [0.25, 0.3) is 11.0 Å². The summed E-state index contributed by atoms with van der Waals surface area (Å²) in [6.45, 7) is 1.99. The van der Waals surface area contributed by atoms with Gasteiger partial charge in [0.25, 0.3) is 0 Å². The molecule has 0 spiro atoms. The maximum Gasteiger partial charge on any atom is 0.374 e. The third-order valence-corrected chi connectivity index (χ3v) is 3.64. The molecule has 23 heavy (non-hydrogen) atoms. The van der Waals surface area contributed by atoms with Gasteiger partial charge < -0.3 is 14.5 Å². The highest BCUT2D eigenvalue weighted by Gasteiger charge is 2.30. The van der Waals surface area contributed by atoms with E-state index in [4.69, 9.17) is 9.15 Å². The van der Waals surface area contributed by atoms with Crippen molar-refractivity contribution in [2.24, 2.45) is 5.92 Å². The first-order valence-electron chi connectivity index (χ1n) is 7.60. The average Bonchev–Trinajstić information content (AvgIpc) is 3.27. The zero-order valence-electron chi connectivity index (χ0n) is 12.8. The number of fused-ring (bicyclic) bond motifs is 1. The Morgan fingerprint density at radius 2 is 2.04 bits per heavy atom. The molecule has 1 amide bonds. The fourth-order valence-corrected chi connectivity index (χ4v) is 2.34. The Kier molecular flexibility index (Phi) is 4.14. The van der Waals surface area contributed by atoms with Crippen LogP contribution in [0.4, 0.5) is 5.69 Å². The van der Waals surface area contributed by atoms with E-state index in [2.05, 4.69) is 5.32 Å². The number of carbonyl (C=O) groups excluding carboxylic acids is 3. The number of benzene rings is 1. The van der Waals surface area contributed by atoms with Crippen LogP contribution in [0.3, 0.4) is 0 Å². The third kappa shape index (κ3) is 3.59. The van der Waals surface area contributed by atoms with Crippen molar-refractivity contribution in [2.75, 3.05) is 11.9 Å². The lowest BCUT2D eigenvalue weighted by Gasteiger charge is -2.04. The Morgan fingerprint density at radius 3 is 2.74 bits per heavy atom. The molecule has 0 atom stereocenters. The van der Waals surface area contributed by atoms with Gasteiger partial charge in [-0.25, -0.2) is 4.79 Å². The number of furan rings is 1. The van der Waals surface area contributed by atoms with E-state index in [1.807, 2.05) is 0 Å². The summed E-state index contributed by atoms with van der Waals surface area (Å²) in [6.07, 6.45) is 1.69. The lowest BCUT2D eigenvalue weighted by Crippen LogP contribution is -2.17. The second-order valence-corrected chi connectivity index (χ2v) is 5.55. The van der Waals surface area contributed by atoms with Crippen molar-refractivity contribution < 1.29 is 23.5 Å². The summed E-state index contributed by atoms with van der Waals surface area (Å²) < 4.78 is 10.3. The molecule has 1 saturated carbocycles. The number of amides is 1. The SMILES string of the molecule is CCOC(=O)c1cc2cc(NC(=O)CC(=O)C3CC3)ccc2o1. The van der Waals surface area contributed by atoms with Crippen LogP contribution in [-0.2, 0) is 14.3 Å². The molecule has 1 aliphatic carbocycles. The second kappa shape index (κ2) is 6.24. The van der Waals surface area contributed by atoms with Gasteiger partial charge in [0.15, 0.2) is 0 Å². The van der Waals surface area contributed by atoms with E-state index in [1.54, 1.807) is 31.2 Å². The van der Waals surface area contributed by atoms with Gasteiger partial charge in [0.1, 0.15) is 11.4 Å². The number of hydrogen-bond acceptors (Lipinski definition) is 5. The lowest BCUT2D eigenvalue weighted by molar-refractivity contribution is -0.126. The molecule has 0 bridgehead atoms. The molecule has 2 aromatic rings. The maximum absolute atomic E-state index is 11.9. The first-order chi connectivity index (χ1) is 11.1. The van der Waals surface area contributed by atoms with Gasteiger partial charge >= 0.3 is 5.97 Å². The topological polar surface area (TPSA) is 85.6 Å². The van der Waals surface area contributed by atoms with Crippen molar-refractivity contribution >= 4 is 34.3 Å². The molecule has 6 heteroatoms. The minimum absolute atomic E-state index is 0.00325. The molecule has 6 nitrogen and oxygen atoms in total. The number of esters is 1. The summed E-state index contributed by atoms with van der Waals surface area (Å²) in [6, 6.07) is 6.59. The van der Waals surface area contributed by atoms with Crippen molar-refractivity contribution in [3.63, 3.8) is 0 Å². The minimum Gasteiger partial charge on any atom is -0.460 e. The summed E-state index contributed by atoms with van der Waals surface area (Å²) in [7, 11) is 0. The van der Waals surface area contributed by atoms with Crippen molar-refractivity contribution in [1.82, 2.24) is 0 Å². The number of ether oxygens (including phenoxy) is 1. The minimum atomic E-state index is -0.524. The predicted octanol–water partition coefficient (Wildman–Crippen LogP) is 2.92. The normalized spacial score (nSPS) is 13.8. The molecule has 1 aromatic carbocycles. The van der Waals surface area contributed by atoms with E-state index >= 15 is 0 Å². The predicted molar refractivity (Wildman–Crippen MR) is 83.1 cm³/mol. The van der Waals surface area contributed by atoms with Gasteiger partial charge in [-0.1, -0.05) is 0 Å². The number of ketones is 1. The van der Waals surface area contributed by atoms with Crippen LogP contribution in [0, 0.1) is 5.92 Å². The molecule has 0 unspecified atom stereocenters. The summed E-state index contributed by atoms with van der Waals surface area (Å²) in [5.74, 6) is -0.658. The zero-order valence-corrected chi connectivity index (χ0v) is 12.8. The monoisotopic (exact) mass is 315 g/mol. The second-order valence-electron chi connectivity index (χ2n) is 5.55. The van der Waals surface area contributed by atoms with E-state index < -0.39 is 5.97 Å². The molecule has 1 fully saturated rings. The van der Waals surface area contributed by atoms with Gasteiger partial charge in [0.2, 0.25) is 11.7 Å². The smallest absolute Gasteiger partial charge is 0.374 e. The van der Waals surface area contributed by atoms with Gasteiger partial charge in [0, 0.05) is 17.0 Å². The van der Waals surface area contributed by atoms with Crippen LogP contribution < -0.4 is 5.32 Å². The van der Waals surface area contributed by atoms with Crippen LogP contribution in [0.1, 0.15) is 36.7 Å². The molecule has 1 N–H and O–H groups in total. The average molecular weight is 315 g/mol. The highest BCUT2D eigenvalue weighted by Crippen LogP contribution is 2.31. The van der Waals surface area contributed by atoms with Gasteiger partial charge in [-0.05, 0) is 44.0 Å². The maximum atomic E-state index is 11.9. The largest absolute Gasteiger partial charge is 0.460 e. The van der Waals surface area contributed by atoms with Crippen LogP contribution in [0.5, 0.6) is 0 Å². The fourth-order valence-electron chi connectivity index (χ4n) is 2.34. The fraction of sp³-hybridized carbons (Fsp3) is 0.353. The first kappa shape index (κ1) is 15.3. The van der Waals surface area contributed by atoms with E-state index in [-0.39, 0.29) is 36.4 Å². The van der Waals surface area contributed by atoms with E-state index in [1.165, 1.54) is 0 Å². The molecular weight excluding hydrogens is 298 g/mol. The number of Topliss-reactive ketones (excluding diaryl/α,β-unsaturated/α-hetero) is 1. The molecule has 0 aliphatic heterocycles. The number of nitrogens with one attached hydrogen (secondary N) is 1. The molecule has 1 heterocycles. The van der Waals surface area contributed by atoms with Crippen LogP contribution in [0.2, 0.25) is 0 Å². The van der Waals surface area contributed by atoms with Crippen LogP contribution >= 0.6 is 0 Å². The Labute approximate surface area is 132 Å². The van der Waals surface area contributed by atoms with Crippen molar-refractivity contribution in [3.8, 4) is 0 Å². The molecule has 3 rings (SSSR count). The highest BCUT2D eigenvalue weighted by molar-refractivity contribution is 6.06. The molecule has 0 saturated heterocycles. The van der Waals surface area contributed by atoms with E-state index in [9.17, 15) is 14.4 Å². The molecule has 0 radical (unpaired) electrons. The van der Waals surface area contributed by atoms with E-state index in [0.717, 1.165) is 12.8 Å². The number of rotatable bonds is 6. The van der Waals surface area contributed by atoms with Gasteiger partial charge in [-0.2, -0.15) is 0 Å². The Bertz CT molecular complexity index is 772. The number of anilines is 1. The Morgan fingerprint density at radius 1 is 1.26 bits per heavy atom. The van der Waals surface area contributed by atoms with Gasteiger partial charge in [-0.15, -0.1) is 0 Å². The van der Waals surface area contributed by atoms with E-state index in [0.29, 0.717) is 16.7 Å². The molecular formula is C17H17NO5. The summed E-state index contributed by atoms with van der Waals surface area (Å²) in [4.78, 5) is 35.1. The Hall–Kier alpha value is -2.63. The summed E-state index contributed by atoms with van der Waals surface area (Å²) >= 11 is 0. The number of carbonyl (C=O) groups is 3. The first-order valence-corrected chi connectivity index (χ1v) is 7.60. The van der Waals surface area contributed by atoms with Crippen LogP contribution in [0.15, 0.2) is 28.7 Å². The third-order valence-electron chi connectivity index (χ3n) is 3.64. The standard InChI is InChI=1S/C17H17NO5/c1-2-22-17(21)15-8-11-7-12(5-6-14(11)23-15)18-16(20)9-13(19)10-3-4-10/h5-8,10H,2-4,9H2,1H3,(H,18,20). The van der Waals surface area contributed by atoms with Gasteiger partial charge in [-0.3, -0.25) is 9.59 Å². The summed E-state index contributed by atoms with van der Waals surface area (Å²) in [5, 5.41) is 3.37. The molecule has 1 aliphatic rings. The zero-order chi connectivity index (χ0) is 16.4. The Balaban J connectivity index is 1.70. The number of hydrogen-bond donors (Lipinski definition) is 1. The quantitative estimate of drug-likeness (QED) is 0.654. The molecule has 120 valence electrons. The van der Waals surface area contributed by atoms with Crippen molar-refractivity contribution in [2.45, 2.75) is 26.2 Å². The lowest BCUT2D eigenvalue weighted by atomic mass is 10.2. The summed E-state index contributed by atoms with van der Waals surface area (Å²) in [5.41, 5.74) is 1.09. The van der Waals surface area contributed by atoms with Crippen LogP contribution in [-0.4, -0.2) is 24.3 Å². The molecule has 1 aromatic heterocycles. The van der Waals surface area contributed by atoms with Crippen molar-refractivity contribution in [1.29, 1.82) is 0 Å². The van der Waals surface area contributed by atoms with Gasteiger partial charge in [0.05, 0.1) is 13.0 Å².